The Hall–Kier alpha value is -1.39. The summed E-state index contributed by atoms with van der Waals surface area (Å²) in [6, 6.07) is 8.20. The van der Waals surface area contributed by atoms with Gasteiger partial charge in [0.15, 0.2) is 0 Å². The van der Waals surface area contributed by atoms with Gasteiger partial charge in [-0.05, 0) is 55.7 Å². The van der Waals surface area contributed by atoms with Gasteiger partial charge in [-0.2, -0.15) is 0 Å². The summed E-state index contributed by atoms with van der Waals surface area (Å²) in [7, 11) is 0. The summed E-state index contributed by atoms with van der Waals surface area (Å²) in [6.07, 6.45) is 4.49. The van der Waals surface area contributed by atoms with E-state index in [4.69, 9.17) is 10.5 Å². The van der Waals surface area contributed by atoms with Gasteiger partial charge < -0.3 is 10.5 Å². The molecule has 1 aromatic heterocycles. The monoisotopic (exact) mass is 334 g/mol. The van der Waals surface area contributed by atoms with Crippen LogP contribution in [0.3, 0.4) is 0 Å². The van der Waals surface area contributed by atoms with E-state index in [1.54, 1.807) is 0 Å². The molecule has 0 radical (unpaired) electrons. The van der Waals surface area contributed by atoms with E-state index in [0.29, 0.717) is 6.61 Å². The minimum absolute atomic E-state index is 0.127. The molecule has 0 aliphatic rings. The molecule has 0 aliphatic carbocycles. The summed E-state index contributed by atoms with van der Waals surface area (Å²) in [5.74, 6) is 0.852. The summed E-state index contributed by atoms with van der Waals surface area (Å²) in [5, 5.41) is 0. The Morgan fingerprint density at radius 3 is 2.80 bits per heavy atom. The Labute approximate surface area is 128 Å². The van der Waals surface area contributed by atoms with Crippen molar-refractivity contribution < 1.29 is 4.74 Å². The van der Waals surface area contributed by atoms with Gasteiger partial charge >= 0.3 is 0 Å². The summed E-state index contributed by atoms with van der Waals surface area (Å²) in [5.41, 5.74) is 9.23. The number of hydrogen-bond donors (Lipinski definition) is 1. The van der Waals surface area contributed by atoms with Crippen LogP contribution in [0, 0.1) is 6.92 Å². The average Bonchev–Trinajstić information content (AvgIpc) is 2.39. The van der Waals surface area contributed by atoms with Crippen molar-refractivity contribution in [3.05, 3.63) is 57.8 Å². The van der Waals surface area contributed by atoms with E-state index < -0.39 is 0 Å². The second kappa shape index (κ2) is 6.86. The van der Waals surface area contributed by atoms with E-state index in [0.717, 1.165) is 27.8 Å². The molecule has 106 valence electrons. The van der Waals surface area contributed by atoms with Gasteiger partial charge in [-0.3, -0.25) is 4.98 Å². The lowest BCUT2D eigenvalue weighted by Crippen LogP contribution is -2.18. The first-order valence-electron chi connectivity index (χ1n) is 6.62. The summed E-state index contributed by atoms with van der Waals surface area (Å²) >= 11 is 3.54. The smallest absolute Gasteiger partial charge is 0.120 e. The number of ether oxygens (including phenoxy) is 1. The van der Waals surface area contributed by atoms with Crippen molar-refractivity contribution in [2.45, 2.75) is 32.9 Å². The SMILES string of the molecule is Cc1cncc(COc2ccc(Br)c(CC(C)N)c2)c1. The highest BCUT2D eigenvalue weighted by Crippen LogP contribution is 2.24. The van der Waals surface area contributed by atoms with E-state index >= 15 is 0 Å². The molecule has 0 aliphatic heterocycles. The van der Waals surface area contributed by atoms with Crippen LogP contribution in [0.15, 0.2) is 41.1 Å². The van der Waals surface area contributed by atoms with Crippen LogP contribution in [0.1, 0.15) is 23.6 Å². The maximum Gasteiger partial charge on any atom is 0.120 e. The first kappa shape index (κ1) is 15.0. The Bertz CT molecular complexity index is 584. The first-order valence-corrected chi connectivity index (χ1v) is 7.41. The number of hydrogen-bond acceptors (Lipinski definition) is 3. The van der Waals surface area contributed by atoms with Gasteiger partial charge in [-0.1, -0.05) is 15.9 Å². The predicted octanol–water partition coefficient (Wildman–Crippen LogP) is 3.62. The van der Waals surface area contributed by atoms with Gasteiger partial charge in [0, 0.05) is 28.5 Å². The molecule has 2 aromatic rings. The van der Waals surface area contributed by atoms with Crippen LogP contribution in [0.5, 0.6) is 5.75 Å². The second-order valence-corrected chi connectivity index (χ2v) is 5.95. The van der Waals surface area contributed by atoms with Crippen LogP contribution >= 0.6 is 15.9 Å². The molecule has 0 bridgehead atoms. The van der Waals surface area contributed by atoms with Crippen LogP contribution in [-0.2, 0) is 13.0 Å². The standard InChI is InChI=1S/C16H19BrN2O/c1-11-5-13(9-19-8-11)10-20-15-3-4-16(17)14(7-15)6-12(2)18/h3-5,7-9,12H,6,10,18H2,1-2H3. The lowest BCUT2D eigenvalue weighted by molar-refractivity contribution is 0.305. The molecule has 0 saturated carbocycles. The third-order valence-electron chi connectivity index (χ3n) is 2.90. The van der Waals surface area contributed by atoms with Crippen LogP contribution in [0.4, 0.5) is 0 Å². The van der Waals surface area contributed by atoms with Crippen LogP contribution in [-0.4, -0.2) is 11.0 Å². The molecule has 1 heterocycles. The van der Waals surface area contributed by atoms with Crippen molar-refractivity contribution in [2.24, 2.45) is 5.73 Å². The van der Waals surface area contributed by atoms with Gasteiger partial charge in [-0.25, -0.2) is 0 Å². The molecule has 0 saturated heterocycles. The van der Waals surface area contributed by atoms with Crippen molar-refractivity contribution in [1.82, 2.24) is 4.98 Å². The molecule has 1 aromatic carbocycles. The second-order valence-electron chi connectivity index (χ2n) is 5.09. The largest absolute Gasteiger partial charge is 0.489 e. The summed E-state index contributed by atoms with van der Waals surface area (Å²) < 4.78 is 6.89. The number of pyridine rings is 1. The highest BCUT2D eigenvalue weighted by molar-refractivity contribution is 9.10. The number of halogens is 1. The lowest BCUT2D eigenvalue weighted by Gasteiger charge is -2.11. The fraction of sp³-hybridized carbons (Fsp3) is 0.312. The number of nitrogens with zero attached hydrogens (tertiary/aromatic N) is 1. The average molecular weight is 335 g/mol. The van der Waals surface area contributed by atoms with Crippen molar-refractivity contribution in [1.29, 1.82) is 0 Å². The Morgan fingerprint density at radius 2 is 2.10 bits per heavy atom. The quantitative estimate of drug-likeness (QED) is 0.908. The highest BCUT2D eigenvalue weighted by atomic mass is 79.9. The molecule has 20 heavy (non-hydrogen) atoms. The fourth-order valence-electron chi connectivity index (χ4n) is 2.01. The summed E-state index contributed by atoms with van der Waals surface area (Å²) in [4.78, 5) is 4.16. The molecule has 2 rings (SSSR count). The minimum atomic E-state index is 0.127. The van der Waals surface area contributed by atoms with E-state index in [1.807, 2.05) is 44.4 Å². The minimum Gasteiger partial charge on any atom is -0.489 e. The van der Waals surface area contributed by atoms with Crippen LogP contribution in [0.2, 0.25) is 0 Å². The van der Waals surface area contributed by atoms with Crippen molar-refractivity contribution in [3.63, 3.8) is 0 Å². The maximum absolute atomic E-state index is 5.86. The molecule has 2 N–H and O–H groups in total. The molecule has 1 atom stereocenters. The summed E-state index contributed by atoms with van der Waals surface area (Å²) in [6.45, 7) is 4.54. The van der Waals surface area contributed by atoms with Crippen molar-refractivity contribution in [2.75, 3.05) is 0 Å². The van der Waals surface area contributed by atoms with E-state index in [1.165, 1.54) is 5.56 Å². The van der Waals surface area contributed by atoms with Gasteiger partial charge in [0.25, 0.3) is 0 Å². The van der Waals surface area contributed by atoms with Gasteiger partial charge in [0.2, 0.25) is 0 Å². The van der Waals surface area contributed by atoms with Crippen molar-refractivity contribution in [3.8, 4) is 5.75 Å². The number of aryl methyl sites for hydroxylation is 1. The zero-order valence-corrected chi connectivity index (χ0v) is 13.4. The third kappa shape index (κ3) is 4.32. The van der Waals surface area contributed by atoms with E-state index in [9.17, 15) is 0 Å². The Kier molecular flexibility index (Phi) is 5.15. The van der Waals surface area contributed by atoms with E-state index in [-0.39, 0.29) is 6.04 Å². The predicted molar refractivity (Wildman–Crippen MR) is 84.8 cm³/mol. The molecule has 0 spiro atoms. The van der Waals surface area contributed by atoms with Gasteiger partial charge in [0.1, 0.15) is 12.4 Å². The molecule has 0 amide bonds. The lowest BCUT2D eigenvalue weighted by atomic mass is 10.1. The third-order valence-corrected chi connectivity index (χ3v) is 3.67. The van der Waals surface area contributed by atoms with E-state index in [2.05, 4.69) is 27.0 Å². The number of nitrogens with two attached hydrogens (primary N) is 1. The first-order chi connectivity index (χ1) is 9.54. The van der Waals surface area contributed by atoms with Gasteiger partial charge in [-0.15, -0.1) is 0 Å². The van der Waals surface area contributed by atoms with Crippen LogP contribution in [0.25, 0.3) is 0 Å². The Balaban J connectivity index is 2.06. The molecular weight excluding hydrogens is 316 g/mol. The topological polar surface area (TPSA) is 48.1 Å². The highest BCUT2D eigenvalue weighted by Gasteiger charge is 2.05. The molecule has 0 fully saturated rings. The number of benzene rings is 1. The normalized spacial score (nSPS) is 12.2. The zero-order chi connectivity index (χ0) is 14.5. The molecular formula is C16H19BrN2O. The number of aromatic nitrogens is 1. The zero-order valence-electron chi connectivity index (χ0n) is 11.8. The maximum atomic E-state index is 5.86. The molecule has 4 heteroatoms. The Morgan fingerprint density at radius 1 is 1.30 bits per heavy atom. The van der Waals surface area contributed by atoms with Gasteiger partial charge in [0.05, 0.1) is 0 Å². The fourth-order valence-corrected chi connectivity index (χ4v) is 2.42. The van der Waals surface area contributed by atoms with Crippen LogP contribution < -0.4 is 10.5 Å². The molecule has 3 nitrogen and oxygen atoms in total. The molecule has 1 unspecified atom stereocenters. The van der Waals surface area contributed by atoms with Crippen molar-refractivity contribution >= 4 is 15.9 Å². The number of rotatable bonds is 5.